The number of hydrogen-bond donors (Lipinski definition) is 2. The largest absolute Gasteiger partial charge is 0.382 e. The minimum Gasteiger partial charge on any atom is -0.382 e. The van der Waals surface area contributed by atoms with Gasteiger partial charge in [0.1, 0.15) is 5.82 Å². The van der Waals surface area contributed by atoms with Crippen molar-refractivity contribution in [1.29, 1.82) is 0 Å². The third-order valence-corrected chi connectivity index (χ3v) is 6.42. The maximum Gasteiger partial charge on any atom is 0.191 e. The van der Waals surface area contributed by atoms with Crippen LogP contribution in [-0.4, -0.2) is 56.4 Å². The summed E-state index contributed by atoms with van der Waals surface area (Å²) >= 11 is 6.33. The molecule has 30 heavy (non-hydrogen) atoms. The third-order valence-electron chi connectivity index (χ3n) is 6.13. The monoisotopic (exact) mass is 549 g/mol. The Kier molecular flexibility index (Phi) is 11.0. The predicted octanol–water partition coefficient (Wildman–Crippen LogP) is 4.47. The van der Waals surface area contributed by atoms with Gasteiger partial charge in [0, 0.05) is 51.6 Å². The normalized spacial score (nSPS) is 20.8. The van der Waals surface area contributed by atoms with Crippen LogP contribution in [0.5, 0.6) is 0 Å². The zero-order valence-electron chi connectivity index (χ0n) is 18.3. The summed E-state index contributed by atoms with van der Waals surface area (Å²) in [6.07, 6.45) is 9.11. The van der Waals surface area contributed by atoms with Gasteiger partial charge in [-0.1, -0.05) is 24.4 Å². The number of rotatable bonds is 9. The molecule has 8 heteroatoms. The minimum absolute atomic E-state index is 0. The van der Waals surface area contributed by atoms with Gasteiger partial charge < -0.3 is 20.3 Å². The fourth-order valence-electron chi connectivity index (χ4n) is 4.49. The summed E-state index contributed by atoms with van der Waals surface area (Å²) in [5.41, 5.74) is 0.306. The maximum absolute atomic E-state index is 6.33. The Morgan fingerprint density at radius 3 is 2.87 bits per heavy atom. The fourth-order valence-corrected chi connectivity index (χ4v) is 4.73. The smallest absolute Gasteiger partial charge is 0.191 e. The van der Waals surface area contributed by atoms with Crippen molar-refractivity contribution in [2.75, 3.05) is 44.3 Å². The molecule has 2 aliphatic rings. The highest BCUT2D eigenvalue weighted by Gasteiger charge is 2.33. The Bertz CT molecular complexity index is 669. The molecule has 2 heterocycles. The summed E-state index contributed by atoms with van der Waals surface area (Å²) in [6.45, 7) is 9.39. The van der Waals surface area contributed by atoms with Crippen LogP contribution in [0.1, 0.15) is 52.4 Å². The fraction of sp³-hybridized carbons (Fsp3) is 0.727. The molecule has 2 fully saturated rings. The Balaban J connectivity index is 0.00000320. The number of aromatic nitrogens is 1. The van der Waals surface area contributed by atoms with Crippen molar-refractivity contribution < 1.29 is 4.74 Å². The number of anilines is 1. The summed E-state index contributed by atoms with van der Waals surface area (Å²) < 4.78 is 5.64. The molecule has 0 radical (unpaired) electrons. The van der Waals surface area contributed by atoms with Crippen LogP contribution >= 0.6 is 35.6 Å². The van der Waals surface area contributed by atoms with Gasteiger partial charge in [-0.25, -0.2) is 4.98 Å². The van der Waals surface area contributed by atoms with E-state index in [-0.39, 0.29) is 24.0 Å². The van der Waals surface area contributed by atoms with Crippen molar-refractivity contribution in [1.82, 2.24) is 15.6 Å². The van der Waals surface area contributed by atoms with Crippen LogP contribution < -0.4 is 15.5 Å². The molecule has 0 aromatic carbocycles. The number of halogens is 2. The van der Waals surface area contributed by atoms with Gasteiger partial charge >= 0.3 is 0 Å². The quantitative estimate of drug-likeness (QED) is 0.206. The van der Waals surface area contributed by atoms with E-state index < -0.39 is 0 Å². The van der Waals surface area contributed by atoms with E-state index in [1.165, 1.54) is 25.7 Å². The van der Waals surface area contributed by atoms with Gasteiger partial charge in [-0.15, -0.1) is 24.0 Å². The lowest BCUT2D eigenvalue weighted by Crippen LogP contribution is -2.45. The maximum atomic E-state index is 6.33. The highest BCUT2D eigenvalue weighted by molar-refractivity contribution is 14.0. The molecule has 1 unspecified atom stereocenters. The van der Waals surface area contributed by atoms with Crippen LogP contribution in [0.2, 0.25) is 5.02 Å². The summed E-state index contributed by atoms with van der Waals surface area (Å²) in [7, 11) is 0. The molecule has 1 aromatic rings. The first-order valence-corrected chi connectivity index (χ1v) is 11.5. The first-order valence-electron chi connectivity index (χ1n) is 11.1. The average Bonchev–Trinajstić information content (AvgIpc) is 3.37. The Morgan fingerprint density at radius 1 is 1.37 bits per heavy atom. The minimum atomic E-state index is 0. The van der Waals surface area contributed by atoms with Gasteiger partial charge in [-0.05, 0) is 57.1 Å². The van der Waals surface area contributed by atoms with Crippen molar-refractivity contribution in [3.05, 3.63) is 23.4 Å². The standard InChI is InChI=1S/C22H36ClN5O.HI/c1-3-24-21(26-17-22(10-5-6-11-22)12-15-29-4-2)27-18-9-14-28(16-18)20-19(23)8-7-13-25-20;/h7-8,13,18H,3-6,9-12,14-17H2,1-2H3,(H2,24,26,27);1H. The van der Waals surface area contributed by atoms with E-state index in [1.807, 2.05) is 12.1 Å². The predicted molar refractivity (Wildman–Crippen MR) is 136 cm³/mol. The molecular weight excluding hydrogens is 513 g/mol. The summed E-state index contributed by atoms with van der Waals surface area (Å²) in [5.74, 6) is 1.80. The number of nitrogens with one attached hydrogen (secondary N) is 2. The molecule has 3 rings (SSSR count). The van der Waals surface area contributed by atoms with Crippen molar-refractivity contribution in [3.8, 4) is 0 Å². The van der Waals surface area contributed by atoms with E-state index in [4.69, 9.17) is 21.3 Å². The van der Waals surface area contributed by atoms with E-state index in [9.17, 15) is 0 Å². The molecular formula is C22H37ClIN5O. The molecule has 1 saturated carbocycles. The number of aliphatic imine (C=N–C) groups is 1. The highest BCUT2D eigenvalue weighted by Crippen LogP contribution is 2.41. The van der Waals surface area contributed by atoms with Gasteiger partial charge in [0.2, 0.25) is 0 Å². The molecule has 170 valence electrons. The van der Waals surface area contributed by atoms with E-state index in [2.05, 4.69) is 34.4 Å². The first kappa shape index (κ1) is 25.5. The second-order valence-electron chi connectivity index (χ2n) is 8.23. The van der Waals surface area contributed by atoms with Crippen molar-refractivity contribution in [2.45, 2.75) is 58.4 Å². The second kappa shape index (κ2) is 12.9. The highest BCUT2D eigenvalue weighted by atomic mass is 127. The number of hydrogen-bond acceptors (Lipinski definition) is 4. The Morgan fingerprint density at radius 2 is 2.17 bits per heavy atom. The molecule has 6 nitrogen and oxygen atoms in total. The number of pyridine rings is 1. The zero-order valence-corrected chi connectivity index (χ0v) is 21.4. The topological polar surface area (TPSA) is 61.8 Å². The molecule has 1 atom stereocenters. The van der Waals surface area contributed by atoms with Crippen LogP contribution in [-0.2, 0) is 4.74 Å². The summed E-state index contributed by atoms with van der Waals surface area (Å²) in [6, 6.07) is 4.12. The van der Waals surface area contributed by atoms with E-state index in [1.54, 1.807) is 6.20 Å². The average molecular weight is 550 g/mol. The molecule has 1 saturated heterocycles. The molecule has 1 aromatic heterocycles. The van der Waals surface area contributed by atoms with Crippen LogP contribution in [0.15, 0.2) is 23.3 Å². The van der Waals surface area contributed by atoms with E-state index in [0.717, 1.165) is 64.0 Å². The van der Waals surface area contributed by atoms with Gasteiger partial charge in [0.25, 0.3) is 0 Å². The van der Waals surface area contributed by atoms with Crippen molar-refractivity contribution in [2.24, 2.45) is 10.4 Å². The number of nitrogens with zero attached hydrogens (tertiary/aromatic N) is 3. The second-order valence-corrected chi connectivity index (χ2v) is 8.64. The van der Waals surface area contributed by atoms with Crippen LogP contribution in [0, 0.1) is 5.41 Å². The lowest BCUT2D eigenvalue weighted by molar-refractivity contribution is 0.107. The summed E-state index contributed by atoms with van der Waals surface area (Å²) in [4.78, 5) is 11.7. The molecule has 0 spiro atoms. The third kappa shape index (κ3) is 7.12. The van der Waals surface area contributed by atoms with Crippen LogP contribution in [0.3, 0.4) is 0 Å². The lowest BCUT2D eigenvalue weighted by Gasteiger charge is -2.28. The SMILES string of the molecule is CCNC(=NCC1(CCOCC)CCCC1)NC1CCN(c2ncccc2Cl)C1.I. The van der Waals surface area contributed by atoms with Crippen molar-refractivity contribution >= 4 is 47.4 Å². The Labute approximate surface area is 203 Å². The molecule has 2 N–H and O–H groups in total. The van der Waals surface area contributed by atoms with E-state index >= 15 is 0 Å². The van der Waals surface area contributed by atoms with Crippen LogP contribution in [0.4, 0.5) is 5.82 Å². The van der Waals surface area contributed by atoms with Gasteiger partial charge in [0.05, 0.1) is 5.02 Å². The van der Waals surface area contributed by atoms with Crippen molar-refractivity contribution in [3.63, 3.8) is 0 Å². The van der Waals surface area contributed by atoms with Crippen LogP contribution in [0.25, 0.3) is 0 Å². The molecule has 0 bridgehead atoms. The molecule has 1 aliphatic heterocycles. The lowest BCUT2D eigenvalue weighted by atomic mass is 9.83. The number of ether oxygens (including phenoxy) is 1. The van der Waals surface area contributed by atoms with Gasteiger partial charge in [-0.3, -0.25) is 4.99 Å². The molecule has 1 aliphatic carbocycles. The number of guanidine groups is 1. The summed E-state index contributed by atoms with van der Waals surface area (Å²) in [5, 5.41) is 7.79. The Hall–Kier alpha value is -0.800. The van der Waals surface area contributed by atoms with Gasteiger partial charge in [-0.2, -0.15) is 0 Å². The van der Waals surface area contributed by atoms with Gasteiger partial charge in [0.15, 0.2) is 5.96 Å². The zero-order chi connectivity index (χ0) is 20.5. The molecule has 0 amide bonds. The van der Waals surface area contributed by atoms with E-state index in [0.29, 0.717) is 16.5 Å². The first-order chi connectivity index (χ1) is 14.2.